The van der Waals surface area contributed by atoms with Crippen LogP contribution in [0.4, 0.5) is 4.79 Å². The second-order valence-corrected chi connectivity index (χ2v) is 10.7. The molecule has 1 rings (SSSR count). The third-order valence-electron chi connectivity index (χ3n) is 5.63. The molecule has 10 heteroatoms. The van der Waals surface area contributed by atoms with Gasteiger partial charge in [-0.3, -0.25) is 14.4 Å². The van der Waals surface area contributed by atoms with E-state index in [1.165, 1.54) is 12.0 Å². The van der Waals surface area contributed by atoms with E-state index < -0.39 is 54.1 Å². The molecule has 0 saturated heterocycles. The van der Waals surface area contributed by atoms with Crippen molar-refractivity contribution in [3.63, 3.8) is 0 Å². The Bertz CT molecular complexity index is 1010. The Kier molecular flexibility index (Phi) is 13.2. The number of benzene rings is 1. The topological polar surface area (TPSA) is 114 Å². The smallest absolute Gasteiger partial charge is 0.408 e. The highest BCUT2D eigenvalue weighted by atomic mass is 32.1. The average molecular weight is 548 g/mol. The lowest BCUT2D eigenvalue weighted by atomic mass is 9.94. The van der Waals surface area contributed by atoms with Gasteiger partial charge in [-0.25, -0.2) is 4.79 Å². The molecule has 0 heterocycles. The van der Waals surface area contributed by atoms with E-state index in [1.54, 1.807) is 45.0 Å². The number of nitrogens with zero attached hydrogens (tertiary/aromatic N) is 1. The van der Waals surface area contributed by atoms with Gasteiger partial charge in [-0.1, -0.05) is 38.0 Å². The quantitative estimate of drug-likeness (QED) is 0.210. The molecule has 0 fully saturated rings. The highest BCUT2D eigenvalue weighted by Crippen LogP contribution is 2.29. The molecule has 0 aromatic heterocycles. The summed E-state index contributed by atoms with van der Waals surface area (Å²) >= 11 is 4.30. The van der Waals surface area contributed by atoms with Crippen molar-refractivity contribution in [2.24, 2.45) is 5.92 Å². The van der Waals surface area contributed by atoms with Gasteiger partial charge in [-0.05, 0) is 58.1 Å². The number of hydrogen-bond acceptors (Lipinski definition) is 7. The van der Waals surface area contributed by atoms with Crippen LogP contribution in [0.1, 0.15) is 71.6 Å². The Morgan fingerprint density at radius 1 is 1.11 bits per heavy atom. The van der Waals surface area contributed by atoms with Crippen LogP contribution in [0.5, 0.6) is 0 Å². The first-order valence-corrected chi connectivity index (χ1v) is 13.2. The van der Waals surface area contributed by atoms with Crippen LogP contribution in [0.25, 0.3) is 0 Å². The summed E-state index contributed by atoms with van der Waals surface area (Å²) in [7, 11) is 1.21. The van der Waals surface area contributed by atoms with E-state index in [9.17, 15) is 19.2 Å². The monoisotopic (exact) mass is 547 g/mol. The Labute approximate surface area is 231 Å². The maximum atomic E-state index is 14.1. The third kappa shape index (κ3) is 10.3. The molecule has 0 spiro atoms. The van der Waals surface area contributed by atoms with Gasteiger partial charge in [0, 0.05) is 17.4 Å². The molecule has 38 heavy (non-hydrogen) atoms. The molecule has 3 atom stereocenters. The summed E-state index contributed by atoms with van der Waals surface area (Å²) in [4.78, 5) is 53.4. The zero-order valence-electron chi connectivity index (χ0n) is 23.4. The Balaban J connectivity index is 3.61. The number of hydrogen-bond donors (Lipinski definition) is 3. The highest BCUT2D eigenvalue weighted by molar-refractivity contribution is 7.80. The molecule has 0 radical (unpaired) electrons. The van der Waals surface area contributed by atoms with Crippen LogP contribution in [-0.4, -0.2) is 65.9 Å². The number of terminal acetylenes is 1. The van der Waals surface area contributed by atoms with Gasteiger partial charge in [0.15, 0.2) is 0 Å². The minimum absolute atomic E-state index is 0.0429. The number of ether oxygens (including phenoxy) is 2. The molecule has 210 valence electrons. The summed E-state index contributed by atoms with van der Waals surface area (Å²) in [5.74, 6) is 1.09. The van der Waals surface area contributed by atoms with E-state index in [-0.39, 0.29) is 5.75 Å². The molecule has 2 N–H and O–H groups in total. The fourth-order valence-corrected chi connectivity index (χ4v) is 3.99. The molecule has 0 aliphatic carbocycles. The van der Waals surface area contributed by atoms with Crippen molar-refractivity contribution in [1.29, 1.82) is 0 Å². The number of thiol groups is 1. The number of rotatable bonds is 12. The van der Waals surface area contributed by atoms with Crippen molar-refractivity contribution < 1.29 is 28.7 Å². The van der Waals surface area contributed by atoms with Crippen molar-refractivity contribution >= 4 is 36.5 Å². The molecule has 1 aromatic rings. The highest BCUT2D eigenvalue weighted by Gasteiger charge is 2.39. The Morgan fingerprint density at radius 2 is 1.74 bits per heavy atom. The summed E-state index contributed by atoms with van der Waals surface area (Å²) in [6.45, 7) is 10.7. The number of carbonyl (C=O) groups excluding carboxylic acids is 4. The third-order valence-corrected chi connectivity index (χ3v) is 6.00. The maximum Gasteiger partial charge on any atom is 0.408 e. The van der Waals surface area contributed by atoms with E-state index >= 15 is 0 Å². The van der Waals surface area contributed by atoms with Crippen LogP contribution in [-0.2, 0) is 23.9 Å². The van der Waals surface area contributed by atoms with E-state index in [0.29, 0.717) is 23.5 Å². The van der Waals surface area contributed by atoms with Crippen molar-refractivity contribution in [2.45, 2.75) is 78.1 Å². The van der Waals surface area contributed by atoms with Crippen LogP contribution in [0.2, 0.25) is 0 Å². The zero-order chi connectivity index (χ0) is 29.0. The Hall–Kier alpha value is -3.19. The minimum Gasteiger partial charge on any atom is -0.468 e. The van der Waals surface area contributed by atoms with Gasteiger partial charge in [0.05, 0.1) is 7.11 Å². The molecule has 0 bridgehead atoms. The van der Waals surface area contributed by atoms with Crippen molar-refractivity contribution in [1.82, 2.24) is 15.5 Å². The predicted octanol–water partition coefficient (Wildman–Crippen LogP) is 3.47. The summed E-state index contributed by atoms with van der Waals surface area (Å²) in [6.07, 6.45) is 6.33. The lowest BCUT2D eigenvalue weighted by molar-refractivity contribution is -0.146. The molecule has 1 aromatic carbocycles. The first-order chi connectivity index (χ1) is 17.7. The van der Waals surface area contributed by atoms with E-state index in [2.05, 4.69) is 47.8 Å². The van der Waals surface area contributed by atoms with Crippen LogP contribution in [0, 0.1) is 18.3 Å². The molecule has 0 aliphatic rings. The van der Waals surface area contributed by atoms with Gasteiger partial charge < -0.3 is 25.0 Å². The number of alkyl carbamates (subject to hydrolysis) is 1. The summed E-state index contributed by atoms with van der Waals surface area (Å²) < 4.78 is 9.99. The second-order valence-electron chi connectivity index (χ2n) is 10.4. The lowest BCUT2D eigenvalue weighted by Gasteiger charge is -2.39. The molecule has 0 aliphatic heterocycles. The number of amides is 3. The number of methoxy groups -OCH3 is 1. The molecule has 9 nitrogen and oxygen atoms in total. The van der Waals surface area contributed by atoms with Crippen LogP contribution >= 0.6 is 12.6 Å². The molecular weight excluding hydrogens is 506 g/mol. The van der Waals surface area contributed by atoms with Gasteiger partial charge in [0.2, 0.25) is 11.8 Å². The van der Waals surface area contributed by atoms with Gasteiger partial charge in [-0.15, -0.1) is 6.42 Å². The first-order valence-electron chi connectivity index (χ1n) is 12.6. The van der Waals surface area contributed by atoms with Gasteiger partial charge in [-0.2, -0.15) is 12.6 Å². The molecule has 3 unspecified atom stereocenters. The number of esters is 1. The maximum absolute atomic E-state index is 14.1. The van der Waals surface area contributed by atoms with Gasteiger partial charge in [0.1, 0.15) is 24.2 Å². The molecule has 3 amide bonds. The number of carbonyl (C=O) groups is 4. The van der Waals surface area contributed by atoms with Crippen LogP contribution in [0.3, 0.4) is 0 Å². The van der Waals surface area contributed by atoms with Crippen molar-refractivity contribution in [3.8, 4) is 12.3 Å². The molecule has 0 saturated carbocycles. The van der Waals surface area contributed by atoms with Crippen molar-refractivity contribution in [2.75, 3.05) is 19.4 Å². The summed E-state index contributed by atoms with van der Waals surface area (Å²) in [5.41, 5.74) is 0.0556. The van der Waals surface area contributed by atoms with Crippen LogP contribution in [0.15, 0.2) is 24.3 Å². The lowest BCUT2D eigenvalue weighted by Crippen LogP contribution is -2.56. The Morgan fingerprint density at radius 3 is 2.26 bits per heavy atom. The summed E-state index contributed by atoms with van der Waals surface area (Å²) in [6, 6.07) is 4.07. The number of nitrogens with one attached hydrogen (secondary N) is 2. The average Bonchev–Trinajstić information content (AvgIpc) is 2.85. The van der Waals surface area contributed by atoms with Gasteiger partial charge >= 0.3 is 12.1 Å². The second kappa shape index (κ2) is 15.3. The fraction of sp³-hybridized carbons (Fsp3) is 0.571. The van der Waals surface area contributed by atoms with Gasteiger partial charge in [0.25, 0.3) is 0 Å². The van der Waals surface area contributed by atoms with Crippen LogP contribution < -0.4 is 10.6 Å². The molecular formula is C28H41N3O6S. The largest absolute Gasteiger partial charge is 0.468 e. The standard InChI is InChI=1S/C28H41N3O6S/c1-9-20-12-10-11-13-21(20)24(25(33)29-16-23(32)36-8)31(19(4)15-14-18(2)3)26(34)22(17-38)30-27(35)37-28(5,6)7/h1,10-13,18-19,22,24,38H,14-17H2,2-8H3,(H,29,33)(H,30,35). The first kappa shape index (κ1) is 32.8. The summed E-state index contributed by atoms with van der Waals surface area (Å²) in [5, 5.41) is 5.14. The van der Waals surface area contributed by atoms with E-state index in [0.717, 1.165) is 6.42 Å². The van der Waals surface area contributed by atoms with E-state index in [1.807, 2.05) is 6.92 Å². The minimum atomic E-state index is -1.19. The normalized spacial score (nSPS) is 13.5. The SMILES string of the molecule is C#Cc1ccccc1C(C(=O)NCC(=O)OC)N(C(=O)C(CS)NC(=O)OC(C)(C)C)C(C)CCC(C)C. The predicted molar refractivity (Wildman–Crippen MR) is 150 cm³/mol. The van der Waals surface area contributed by atoms with E-state index in [4.69, 9.17) is 11.2 Å². The van der Waals surface area contributed by atoms with Crippen molar-refractivity contribution in [3.05, 3.63) is 35.4 Å². The zero-order valence-corrected chi connectivity index (χ0v) is 24.3. The fourth-order valence-electron chi connectivity index (χ4n) is 3.74.